The number of aliphatic hydroxyl groups is 1. The van der Waals surface area contributed by atoms with Crippen LogP contribution >= 0.6 is 0 Å². The molecule has 1 heterocycles. The Morgan fingerprint density at radius 3 is 3.00 bits per heavy atom. The predicted octanol–water partition coefficient (Wildman–Crippen LogP) is 2.79. The van der Waals surface area contributed by atoms with E-state index in [9.17, 15) is 4.39 Å². The lowest BCUT2D eigenvalue weighted by Crippen LogP contribution is -2.33. The summed E-state index contributed by atoms with van der Waals surface area (Å²) in [7, 11) is 0. The van der Waals surface area contributed by atoms with Gasteiger partial charge in [0.05, 0.1) is 6.61 Å². The monoisotopic (exact) mass is 275 g/mol. The van der Waals surface area contributed by atoms with Crippen LogP contribution in [0.2, 0.25) is 0 Å². The summed E-state index contributed by atoms with van der Waals surface area (Å²) in [5.41, 5.74) is 1.67. The Morgan fingerprint density at radius 1 is 1.40 bits per heavy atom. The molecule has 1 atom stereocenters. The molecule has 1 unspecified atom stereocenters. The molecule has 1 aliphatic rings. The number of hydrogen-bond donors (Lipinski definition) is 1. The van der Waals surface area contributed by atoms with E-state index >= 15 is 0 Å². The van der Waals surface area contributed by atoms with Crippen LogP contribution in [-0.2, 0) is 6.54 Å². The number of hydrogen-bond acceptors (Lipinski definition) is 2. The molecule has 2 nitrogen and oxygen atoms in total. The number of likely N-dealkylation sites (tertiary alicyclic amines) is 1. The van der Waals surface area contributed by atoms with E-state index in [4.69, 9.17) is 5.11 Å². The third kappa shape index (κ3) is 4.63. The standard InChI is InChI=1S/C17H22FNO/c1-14-5-4-7-19(12-14)13-16-9-15(6-2-3-8-20)10-17(18)11-16/h9-11,14,20H,3-5,7-8,12-13H2,1H3. The molecule has 20 heavy (non-hydrogen) atoms. The van der Waals surface area contributed by atoms with Crippen LogP contribution in [0, 0.1) is 23.6 Å². The second kappa shape index (κ2) is 7.42. The van der Waals surface area contributed by atoms with Gasteiger partial charge >= 0.3 is 0 Å². The summed E-state index contributed by atoms with van der Waals surface area (Å²) in [6, 6.07) is 5.00. The minimum Gasteiger partial charge on any atom is -0.395 e. The highest BCUT2D eigenvalue weighted by Crippen LogP contribution is 2.18. The summed E-state index contributed by atoms with van der Waals surface area (Å²) < 4.78 is 13.6. The van der Waals surface area contributed by atoms with Crippen molar-refractivity contribution in [2.24, 2.45) is 5.92 Å². The van der Waals surface area contributed by atoms with Crippen LogP contribution in [0.3, 0.4) is 0 Å². The summed E-state index contributed by atoms with van der Waals surface area (Å²) in [6.07, 6.45) is 2.94. The first-order valence-corrected chi connectivity index (χ1v) is 7.29. The van der Waals surface area contributed by atoms with E-state index in [2.05, 4.69) is 23.7 Å². The maximum atomic E-state index is 13.6. The minimum atomic E-state index is -0.235. The molecule has 1 saturated heterocycles. The normalized spacial score (nSPS) is 19.4. The summed E-state index contributed by atoms with van der Waals surface area (Å²) in [5.74, 6) is 6.23. The zero-order valence-corrected chi connectivity index (χ0v) is 12.0. The number of rotatable bonds is 3. The molecule has 1 fully saturated rings. The lowest BCUT2D eigenvalue weighted by Gasteiger charge is -2.30. The molecule has 0 radical (unpaired) electrons. The van der Waals surface area contributed by atoms with Crippen molar-refractivity contribution >= 4 is 0 Å². The quantitative estimate of drug-likeness (QED) is 0.857. The van der Waals surface area contributed by atoms with Gasteiger partial charge in [0.15, 0.2) is 0 Å². The fourth-order valence-electron chi connectivity index (χ4n) is 2.72. The zero-order chi connectivity index (χ0) is 14.4. The molecule has 0 aliphatic carbocycles. The van der Waals surface area contributed by atoms with Gasteiger partial charge in [-0.2, -0.15) is 0 Å². The number of aliphatic hydroxyl groups excluding tert-OH is 1. The van der Waals surface area contributed by atoms with Crippen molar-refractivity contribution in [2.45, 2.75) is 32.7 Å². The van der Waals surface area contributed by atoms with Crippen molar-refractivity contribution in [3.8, 4) is 11.8 Å². The molecule has 0 amide bonds. The van der Waals surface area contributed by atoms with E-state index in [1.54, 1.807) is 6.07 Å². The van der Waals surface area contributed by atoms with Crippen LogP contribution in [0.5, 0.6) is 0 Å². The van der Waals surface area contributed by atoms with Crippen LogP contribution in [-0.4, -0.2) is 29.7 Å². The summed E-state index contributed by atoms with van der Waals surface area (Å²) >= 11 is 0. The second-order valence-corrected chi connectivity index (χ2v) is 5.61. The van der Waals surface area contributed by atoms with Crippen molar-refractivity contribution in [2.75, 3.05) is 19.7 Å². The van der Waals surface area contributed by atoms with E-state index in [0.717, 1.165) is 31.1 Å². The molecule has 0 bridgehead atoms. The number of halogens is 1. The molecule has 1 aromatic rings. The first kappa shape index (κ1) is 15.0. The second-order valence-electron chi connectivity index (χ2n) is 5.61. The van der Waals surface area contributed by atoms with Gasteiger partial charge in [0, 0.05) is 25.1 Å². The molecular weight excluding hydrogens is 253 g/mol. The fraction of sp³-hybridized carbons (Fsp3) is 0.529. The molecule has 2 rings (SSSR count). The van der Waals surface area contributed by atoms with Crippen molar-refractivity contribution in [1.82, 2.24) is 4.90 Å². The Balaban J connectivity index is 2.06. The van der Waals surface area contributed by atoms with E-state index in [1.807, 2.05) is 6.07 Å². The highest BCUT2D eigenvalue weighted by Gasteiger charge is 2.16. The molecule has 0 aromatic heterocycles. The number of nitrogens with zero attached hydrogens (tertiary/aromatic N) is 1. The molecule has 0 spiro atoms. The summed E-state index contributed by atoms with van der Waals surface area (Å²) in [6.45, 7) is 5.27. The lowest BCUT2D eigenvalue weighted by molar-refractivity contribution is 0.176. The van der Waals surface area contributed by atoms with Gasteiger partial charge in [0.25, 0.3) is 0 Å². The van der Waals surface area contributed by atoms with Crippen LogP contribution in [0.4, 0.5) is 4.39 Å². The maximum Gasteiger partial charge on any atom is 0.124 e. The number of benzene rings is 1. The molecule has 0 saturated carbocycles. The van der Waals surface area contributed by atoms with Gasteiger partial charge in [-0.1, -0.05) is 18.8 Å². The molecule has 108 valence electrons. The van der Waals surface area contributed by atoms with Gasteiger partial charge < -0.3 is 5.11 Å². The van der Waals surface area contributed by atoms with Crippen molar-refractivity contribution in [3.05, 3.63) is 35.1 Å². The molecule has 1 aromatic carbocycles. The van der Waals surface area contributed by atoms with Crippen molar-refractivity contribution < 1.29 is 9.50 Å². The Morgan fingerprint density at radius 2 is 2.25 bits per heavy atom. The average Bonchev–Trinajstić information content (AvgIpc) is 2.38. The Hall–Kier alpha value is -1.37. The molecule has 1 aliphatic heterocycles. The van der Waals surface area contributed by atoms with Gasteiger partial charge in [-0.3, -0.25) is 4.90 Å². The van der Waals surface area contributed by atoms with E-state index in [-0.39, 0.29) is 12.4 Å². The highest BCUT2D eigenvalue weighted by atomic mass is 19.1. The largest absolute Gasteiger partial charge is 0.395 e. The van der Waals surface area contributed by atoms with Gasteiger partial charge in [-0.15, -0.1) is 0 Å². The van der Waals surface area contributed by atoms with Crippen LogP contribution < -0.4 is 0 Å². The first-order chi connectivity index (χ1) is 9.67. The minimum absolute atomic E-state index is 0.0425. The van der Waals surface area contributed by atoms with E-state index in [1.165, 1.54) is 18.9 Å². The van der Waals surface area contributed by atoms with Gasteiger partial charge in [0.2, 0.25) is 0 Å². The smallest absolute Gasteiger partial charge is 0.124 e. The maximum absolute atomic E-state index is 13.6. The van der Waals surface area contributed by atoms with Gasteiger partial charge in [-0.05, 0) is 49.1 Å². The molecule has 3 heteroatoms. The van der Waals surface area contributed by atoms with Crippen molar-refractivity contribution in [1.29, 1.82) is 0 Å². The van der Waals surface area contributed by atoms with Gasteiger partial charge in [0.1, 0.15) is 5.82 Å². The lowest BCUT2D eigenvalue weighted by atomic mass is 9.99. The third-order valence-corrected chi connectivity index (χ3v) is 3.57. The molecular formula is C17H22FNO. The SMILES string of the molecule is CC1CCCN(Cc2cc(F)cc(C#CCCO)c2)C1. The van der Waals surface area contributed by atoms with Crippen molar-refractivity contribution in [3.63, 3.8) is 0 Å². The fourth-order valence-corrected chi connectivity index (χ4v) is 2.72. The average molecular weight is 275 g/mol. The van der Waals surface area contributed by atoms with E-state index < -0.39 is 0 Å². The zero-order valence-electron chi connectivity index (χ0n) is 12.0. The van der Waals surface area contributed by atoms with Gasteiger partial charge in [-0.25, -0.2) is 4.39 Å². The Bertz CT molecular complexity index is 503. The highest BCUT2D eigenvalue weighted by molar-refractivity contribution is 5.37. The Kier molecular flexibility index (Phi) is 5.58. The van der Waals surface area contributed by atoms with Crippen LogP contribution in [0.1, 0.15) is 37.3 Å². The molecule has 1 N–H and O–H groups in total. The summed E-state index contributed by atoms with van der Waals surface area (Å²) in [4.78, 5) is 2.38. The third-order valence-electron chi connectivity index (χ3n) is 3.57. The van der Waals surface area contributed by atoms with Crippen LogP contribution in [0.15, 0.2) is 18.2 Å². The van der Waals surface area contributed by atoms with E-state index in [0.29, 0.717) is 12.0 Å². The first-order valence-electron chi connectivity index (χ1n) is 7.29. The number of piperidine rings is 1. The summed E-state index contributed by atoms with van der Waals surface area (Å²) in [5, 5.41) is 8.71. The topological polar surface area (TPSA) is 23.5 Å². The van der Waals surface area contributed by atoms with Crippen LogP contribution in [0.25, 0.3) is 0 Å². The Labute approximate surface area is 120 Å². The predicted molar refractivity (Wildman–Crippen MR) is 78.7 cm³/mol.